The monoisotopic (exact) mass is 866 g/mol. The van der Waals surface area contributed by atoms with Crippen molar-refractivity contribution in [3.8, 4) is 83.8 Å². The minimum absolute atomic E-state index is 0.182. The molecule has 11 aromatic carbocycles. The molecule has 0 atom stereocenters. The second-order valence-corrected chi connectivity index (χ2v) is 18.6. The first kappa shape index (κ1) is 39.7. The molecular weight excluding hydrogens is 821 g/mol. The summed E-state index contributed by atoms with van der Waals surface area (Å²) in [5.74, 6) is 0.924. The quantitative estimate of drug-likeness (QED) is 0.146. The third kappa shape index (κ3) is 6.29. The van der Waals surface area contributed by atoms with Crippen LogP contribution in [0.1, 0.15) is 25.0 Å². The fourth-order valence-corrected chi connectivity index (χ4v) is 11.2. The first-order chi connectivity index (χ1) is 33.5. The smallest absolute Gasteiger partial charge is 0.145 e. The van der Waals surface area contributed by atoms with Gasteiger partial charge in [-0.05, 0) is 142 Å². The van der Waals surface area contributed by atoms with Gasteiger partial charge in [-0.2, -0.15) is 0 Å². The fraction of sp³-hybridized carbons (Fsp3) is 0.0455. The van der Waals surface area contributed by atoms with Crippen molar-refractivity contribution in [1.29, 1.82) is 0 Å². The Bertz CT molecular complexity index is 3900. The van der Waals surface area contributed by atoms with E-state index in [-0.39, 0.29) is 5.41 Å². The van der Waals surface area contributed by atoms with E-state index in [0.29, 0.717) is 0 Å². The second-order valence-electron chi connectivity index (χ2n) is 18.6. The summed E-state index contributed by atoms with van der Waals surface area (Å²) in [6.45, 7) is 4.79. The van der Waals surface area contributed by atoms with Gasteiger partial charge in [0.2, 0.25) is 0 Å². The van der Waals surface area contributed by atoms with Crippen LogP contribution in [0.4, 0.5) is 0 Å². The van der Waals surface area contributed by atoms with E-state index >= 15 is 0 Å². The SMILES string of the molecule is CC1(C)c2ccccc2-c2cc3c(-c4ccccc4-c4ccccc4)c4ccc(-c5ccc(-c6nc7ccccc7n6-c6ccccc6)cc5)cc4c(-c4ccccc4-c4ccccc4)c3cc21. The fourth-order valence-electron chi connectivity index (χ4n) is 11.2. The van der Waals surface area contributed by atoms with E-state index in [9.17, 15) is 0 Å². The van der Waals surface area contributed by atoms with Gasteiger partial charge in [0, 0.05) is 16.7 Å². The molecule has 1 aliphatic rings. The third-order valence-corrected chi connectivity index (χ3v) is 14.4. The molecule has 0 saturated carbocycles. The van der Waals surface area contributed by atoms with Crippen LogP contribution in [-0.2, 0) is 5.41 Å². The van der Waals surface area contributed by atoms with Crippen LogP contribution in [0.15, 0.2) is 243 Å². The number of nitrogens with zero attached hydrogens (tertiary/aromatic N) is 2. The molecule has 0 fully saturated rings. The number of hydrogen-bond donors (Lipinski definition) is 0. The number of imidazole rings is 1. The van der Waals surface area contributed by atoms with Crippen LogP contribution in [-0.4, -0.2) is 9.55 Å². The highest BCUT2D eigenvalue weighted by Crippen LogP contribution is 2.55. The van der Waals surface area contributed by atoms with Crippen molar-refractivity contribution in [2.75, 3.05) is 0 Å². The van der Waals surface area contributed by atoms with Gasteiger partial charge in [-0.25, -0.2) is 4.98 Å². The zero-order chi connectivity index (χ0) is 45.3. The lowest BCUT2D eigenvalue weighted by Gasteiger charge is -2.25. The molecule has 12 aromatic rings. The lowest BCUT2D eigenvalue weighted by atomic mass is 9.78. The normalized spacial score (nSPS) is 12.7. The van der Waals surface area contributed by atoms with Gasteiger partial charge < -0.3 is 0 Å². The van der Waals surface area contributed by atoms with Crippen LogP contribution in [0.2, 0.25) is 0 Å². The van der Waals surface area contributed by atoms with Gasteiger partial charge in [0.05, 0.1) is 11.0 Å². The highest BCUT2D eigenvalue weighted by atomic mass is 15.1. The maximum Gasteiger partial charge on any atom is 0.145 e. The third-order valence-electron chi connectivity index (χ3n) is 14.4. The number of hydrogen-bond acceptors (Lipinski definition) is 1. The van der Waals surface area contributed by atoms with Gasteiger partial charge in [-0.15, -0.1) is 0 Å². The minimum Gasteiger partial charge on any atom is -0.292 e. The number of para-hydroxylation sites is 3. The van der Waals surface area contributed by atoms with Crippen molar-refractivity contribution < 1.29 is 0 Å². The summed E-state index contributed by atoms with van der Waals surface area (Å²) in [4.78, 5) is 5.19. The molecule has 1 aliphatic carbocycles. The molecule has 0 saturated heterocycles. The number of fused-ring (bicyclic) bond motifs is 6. The van der Waals surface area contributed by atoms with E-state index in [1.54, 1.807) is 0 Å². The van der Waals surface area contributed by atoms with Gasteiger partial charge in [-0.1, -0.05) is 214 Å². The zero-order valence-electron chi connectivity index (χ0n) is 38.0. The molecule has 13 rings (SSSR count). The molecule has 2 heteroatoms. The largest absolute Gasteiger partial charge is 0.292 e. The highest BCUT2D eigenvalue weighted by molar-refractivity contribution is 6.25. The molecule has 0 aliphatic heterocycles. The summed E-state index contributed by atoms with van der Waals surface area (Å²) >= 11 is 0. The summed E-state index contributed by atoms with van der Waals surface area (Å²) < 4.78 is 2.27. The average molecular weight is 867 g/mol. The van der Waals surface area contributed by atoms with E-state index in [4.69, 9.17) is 4.98 Å². The van der Waals surface area contributed by atoms with Crippen LogP contribution < -0.4 is 0 Å². The predicted octanol–water partition coefficient (Wildman–Crippen LogP) is 17.6. The Kier molecular flexibility index (Phi) is 9.23. The van der Waals surface area contributed by atoms with Gasteiger partial charge in [0.1, 0.15) is 5.82 Å². The van der Waals surface area contributed by atoms with Crippen molar-refractivity contribution in [1.82, 2.24) is 9.55 Å². The van der Waals surface area contributed by atoms with Gasteiger partial charge in [0.15, 0.2) is 0 Å². The summed E-state index contributed by atoms with van der Waals surface area (Å²) in [6.07, 6.45) is 0. The molecule has 0 radical (unpaired) electrons. The van der Waals surface area contributed by atoms with Crippen molar-refractivity contribution >= 4 is 32.6 Å². The maximum atomic E-state index is 5.19. The lowest BCUT2D eigenvalue weighted by Crippen LogP contribution is -2.14. The Hall–Kier alpha value is -8.59. The molecule has 1 heterocycles. The molecule has 320 valence electrons. The molecule has 0 N–H and O–H groups in total. The van der Waals surface area contributed by atoms with Crippen LogP contribution in [0.5, 0.6) is 0 Å². The van der Waals surface area contributed by atoms with Crippen LogP contribution in [0, 0.1) is 0 Å². The summed E-state index contributed by atoms with van der Waals surface area (Å²) in [5, 5.41) is 4.95. The van der Waals surface area contributed by atoms with E-state index in [0.717, 1.165) is 39.2 Å². The average Bonchev–Trinajstić information content (AvgIpc) is 3.90. The number of benzene rings is 11. The van der Waals surface area contributed by atoms with Gasteiger partial charge >= 0.3 is 0 Å². The standard InChI is InChI=1S/C66H46N2/c1-66(2)59-31-17-16-28-51(59)55-41-57-58(42-60(55)66)64(53-30-15-13-27-50(53)45-22-8-4-9-23-45)56-40-47(38-39-54(56)63(57)52-29-14-12-26-49(52)44-20-6-3-7-21-44)43-34-36-46(37-35-43)65-67-61-32-18-19-33-62(61)68(65)48-24-10-5-11-25-48/h3-42H,1-2H3. The highest BCUT2D eigenvalue weighted by Gasteiger charge is 2.36. The lowest BCUT2D eigenvalue weighted by molar-refractivity contribution is 0.661. The molecule has 68 heavy (non-hydrogen) atoms. The molecule has 1 aromatic heterocycles. The van der Waals surface area contributed by atoms with Crippen molar-refractivity contribution in [2.24, 2.45) is 0 Å². The Morgan fingerprint density at radius 3 is 1.47 bits per heavy atom. The van der Waals surface area contributed by atoms with E-state index < -0.39 is 0 Å². The Morgan fingerprint density at radius 1 is 0.324 bits per heavy atom. The predicted molar refractivity (Wildman–Crippen MR) is 286 cm³/mol. The summed E-state index contributed by atoms with van der Waals surface area (Å²) in [7, 11) is 0. The van der Waals surface area contributed by atoms with E-state index in [2.05, 4.69) is 261 Å². The maximum absolute atomic E-state index is 5.19. The van der Waals surface area contributed by atoms with Crippen molar-refractivity contribution in [3.63, 3.8) is 0 Å². The first-order valence-corrected chi connectivity index (χ1v) is 23.6. The Morgan fingerprint density at radius 2 is 0.809 bits per heavy atom. The number of aromatic nitrogens is 2. The van der Waals surface area contributed by atoms with E-state index in [1.165, 1.54) is 88.3 Å². The van der Waals surface area contributed by atoms with Crippen molar-refractivity contribution in [3.05, 3.63) is 254 Å². The Balaban J connectivity index is 1.11. The number of rotatable bonds is 7. The molecule has 0 bridgehead atoms. The van der Waals surface area contributed by atoms with Gasteiger partial charge in [0.25, 0.3) is 0 Å². The molecule has 0 amide bonds. The summed E-state index contributed by atoms with van der Waals surface area (Å²) in [5.41, 5.74) is 21.5. The van der Waals surface area contributed by atoms with Crippen LogP contribution >= 0.6 is 0 Å². The van der Waals surface area contributed by atoms with Gasteiger partial charge in [-0.3, -0.25) is 4.57 Å². The molecule has 0 spiro atoms. The van der Waals surface area contributed by atoms with E-state index in [1.807, 2.05) is 0 Å². The van der Waals surface area contributed by atoms with Crippen LogP contribution in [0.3, 0.4) is 0 Å². The topological polar surface area (TPSA) is 17.8 Å². The second kappa shape index (κ2) is 15.8. The Labute approximate surface area is 397 Å². The molecular formula is C66H46N2. The molecule has 0 unspecified atom stereocenters. The molecule has 2 nitrogen and oxygen atoms in total. The first-order valence-electron chi connectivity index (χ1n) is 23.6. The minimum atomic E-state index is -0.182. The van der Waals surface area contributed by atoms with Crippen LogP contribution in [0.25, 0.3) is 116 Å². The van der Waals surface area contributed by atoms with Crippen molar-refractivity contribution in [2.45, 2.75) is 19.3 Å². The summed E-state index contributed by atoms with van der Waals surface area (Å²) in [6, 6.07) is 89.0. The zero-order valence-corrected chi connectivity index (χ0v) is 38.0.